The molecule has 0 spiro atoms. The third kappa shape index (κ3) is 5.13. The zero-order valence-corrected chi connectivity index (χ0v) is 20.7. The Morgan fingerprint density at radius 3 is 2.58 bits per heavy atom. The number of aromatic nitrogens is 6. The predicted octanol–water partition coefficient (Wildman–Crippen LogP) is 4.04. The third-order valence-electron chi connectivity index (χ3n) is 5.67. The molecule has 0 aliphatic carbocycles. The number of hydrogen-bond acceptors (Lipinski definition) is 6. The van der Waals surface area contributed by atoms with E-state index in [0.717, 1.165) is 0 Å². The number of nitrogens with one attached hydrogen (secondary N) is 2. The summed E-state index contributed by atoms with van der Waals surface area (Å²) >= 11 is 6.33. The van der Waals surface area contributed by atoms with Crippen LogP contribution in [0.4, 0.5) is 10.2 Å². The highest BCUT2D eigenvalue weighted by molar-refractivity contribution is 6.34. The average Bonchev–Trinajstić information content (AvgIpc) is 3.54. The van der Waals surface area contributed by atoms with Gasteiger partial charge in [-0.3, -0.25) is 19.3 Å². The molecule has 3 heterocycles. The van der Waals surface area contributed by atoms with E-state index < -0.39 is 17.6 Å². The van der Waals surface area contributed by atoms with Gasteiger partial charge in [-0.2, -0.15) is 5.10 Å². The van der Waals surface area contributed by atoms with Crippen molar-refractivity contribution >= 4 is 29.2 Å². The smallest absolute Gasteiger partial charge is 0.272 e. The molecule has 10 nitrogen and oxygen atoms in total. The lowest BCUT2D eigenvalue weighted by atomic mass is 10.1. The van der Waals surface area contributed by atoms with Crippen LogP contribution in [0.2, 0.25) is 5.02 Å². The van der Waals surface area contributed by atoms with Crippen LogP contribution >= 0.6 is 11.6 Å². The molecule has 38 heavy (non-hydrogen) atoms. The SMILES string of the molecule is Cn1nncc1CNC(=O)c1cc(NC(=O)c2cc(-c3ncccc3F)ccc2Cl)n(-c2ccccc2)n1. The van der Waals surface area contributed by atoms with Gasteiger partial charge < -0.3 is 10.6 Å². The summed E-state index contributed by atoms with van der Waals surface area (Å²) < 4.78 is 17.3. The minimum atomic E-state index is -0.571. The summed E-state index contributed by atoms with van der Waals surface area (Å²) in [7, 11) is 1.72. The molecule has 5 aromatic rings. The number of para-hydroxylation sites is 1. The lowest BCUT2D eigenvalue weighted by molar-refractivity contribution is 0.0943. The van der Waals surface area contributed by atoms with Crippen LogP contribution in [-0.4, -0.2) is 41.6 Å². The molecule has 2 amide bonds. The van der Waals surface area contributed by atoms with Crippen LogP contribution in [0.5, 0.6) is 0 Å². The van der Waals surface area contributed by atoms with E-state index in [-0.39, 0.29) is 34.3 Å². The quantitative estimate of drug-likeness (QED) is 0.328. The first-order valence-corrected chi connectivity index (χ1v) is 11.8. The van der Waals surface area contributed by atoms with Crippen molar-refractivity contribution in [3.63, 3.8) is 0 Å². The van der Waals surface area contributed by atoms with Gasteiger partial charge in [0, 0.05) is 24.9 Å². The molecule has 2 aromatic carbocycles. The Morgan fingerprint density at radius 2 is 1.84 bits per heavy atom. The van der Waals surface area contributed by atoms with E-state index in [4.69, 9.17) is 11.6 Å². The number of hydrogen-bond donors (Lipinski definition) is 2. The molecular formula is C26H20ClFN8O2. The van der Waals surface area contributed by atoms with Crippen molar-refractivity contribution in [1.29, 1.82) is 0 Å². The fourth-order valence-electron chi connectivity index (χ4n) is 3.71. The number of halogens is 2. The van der Waals surface area contributed by atoms with E-state index in [1.807, 2.05) is 6.07 Å². The second kappa shape index (κ2) is 10.6. The molecule has 12 heteroatoms. The fraction of sp³-hybridized carbons (Fsp3) is 0.0769. The summed E-state index contributed by atoms with van der Waals surface area (Å²) in [5, 5.41) is 17.7. The van der Waals surface area contributed by atoms with Gasteiger partial charge >= 0.3 is 0 Å². The molecule has 0 aliphatic heterocycles. The maximum Gasteiger partial charge on any atom is 0.272 e. The van der Waals surface area contributed by atoms with Gasteiger partial charge in [0.1, 0.15) is 17.3 Å². The van der Waals surface area contributed by atoms with E-state index >= 15 is 0 Å². The topological polar surface area (TPSA) is 120 Å². The van der Waals surface area contributed by atoms with Crippen LogP contribution in [0, 0.1) is 5.82 Å². The first-order valence-electron chi connectivity index (χ1n) is 11.4. The number of carbonyl (C=O) groups is 2. The molecule has 0 fully saturated rings. The van der Waals surface area contributed by atoms with Gasteiger partial charge in [-0.15, -0.1) is 5.10 Å². The number of pyridine rings is 1. The summed E-state index contributed by atoms with van der Waals surface area (Å²) in [4.78, 5) is 30.3. The summed E-state index contributed by atoms with van der Waals surface area (Å²) in [6, 6.07) is 17.8. The standard InChI is InChI=1S/C26H20ClFN8O2/c1-35-18(15-31-34-35)14-30-26(38)22-13-23(36(33-22)17-6-3-2-4-7-17)32-25(37)19-12-16(9-10-20(19)27)24-21(28)8-5-11-29-24/h2-13,15H,14H2,1H3,(H,30,38)(H,32,37). The van der Waals surface area contributed by atoms with Crippen molar-refractivity contribution in [3.8, 4) is 16.9 Å². The Hall–Kier alpha value is -4.90. The Kier molecular flexibility index (Phi) is 6.92. The molecule has 0 atom stereocenters. The van der Waals surface area contributed by atoms with Gasteiger partial charge in [-0.05, 0) is 36.4 Å². The zero-order chi connectivity index (χ0) is 26.6. The maximum absolute atomic E-state index is 14.3. The largest absolute Gasteiger partial charge is 0.345 e. The molecule has 0 unspecified atom stereocenters. The maximum atomic E-state index is 14.3. The van der Waals surface area contributed by atoms with E-state index in [9.17, 15) is 14.0 Å². The van der Waals surface area contributed by atoms with Gasteiger partial charge in [-0.25, -0.2) is 9.07 Å². The van der Waals surface area contributed by atoms with Crippen LogP contribution in [0.15, 0.2) is 79.1 Å². The summed E-state index contributed by atoms with van der Waals surface area (Å²) in [6.45, 7) is 0.189. The van der Waals surface area contributed by atoms with Crippen molar-refractivity contribution < 1.29 is 14.0 Å². The van der Waals surface area contributed by atoms with Crippen LogP contribution in [-0.2, 0) is 13.6 Å². The van der Waals surface area contributed by atoms with Crippen molar-refractivity contribution in [1.82, 2.24) is 35.1 Å². The molecule has 0 radical (unpaired) electrons. The lowest BCUT2D eigenvalue weighted by Crippen LogP contribution is -2.24. The van der Waals surface area contributed by atoms with E-state index in [1.54, 1.807) is 48.3 Å². The molecule has 2 N–H and O–H groups in total. The number of carbonyl (C=O) groups excluding carboxylic acids is 2. The number of anilines is 1. The van der Waals surface area contributed by atoms with Gasteiger partial charge in [0.25, 0.3) is 11.8 Å². The Morgan fingerprint density at radius 1 is 1.03 bits per heavy atom. The summed E-state index contributed by atoms with van der Waals surface area (Å²) in [5.41, 5.74) is 1.98. The Bertz CT molecular complexity index is 1630. The number of benzene rings is 2. The van der Waals surface area contributed by atoms with Crippen molar-refractivity contribution in [2.45, 2.75) is 6.54 Å². The number of amides is 2. The molecule has 190 valence electrons. The molecule has 5 rings (SSSR count). The number of nitrogens with zero attached hydrogens (tertiary/aromatic N) is 6. The van der Waals surface area contributed by atoms with Crippen LogP contribution in [0.25, 0.3) is 16.9 Å². The summed E-state index contributed by atoms with van der Waals surface area (Å²) in [6.07, 6.45) is 3.01. The van der Waals surface area contributed by atoms with Crippen molar-refractivity contribution in [2.24, 2.45) is 7.05 Å². The second-order valence-corrected chi connectivity index (χ2v) is 8.58. The van der Waals surface area contributed by atoms with Gasteiger partial charge in [0.15, 0.2) is 5.69 Å². The second-order valence-electron chi connectivity index (χ2n) is 8.18. The van der Waals surface area contributed by atoms with Gasteiger partial charge in [-0.1, -0.05) is 41.1 Å². The first kappa shape index (κ1) is 24.8. The van der Waals surface area contributed by atoms with E-state index in [0.29, 0.717) is 16.9 Å². The third-order valence-corrected chi connectivity index (χ3v) is 6.00. The van der Waals surface area contributed by atoms with Crippen molar-refractivity contribution in [3.05, 3.63) is 107 Å². The average molecular weight is 531 g/mol. The summed E-state index contributed by atoms with van der Waals surface area (Å²) in [5.74, 6) is -1.32. The minimum Gasteiger partial charge on any atom is -0.345 e. The number of aryl methyl sites for hydroxylation is 1. The highest BCUT2D eigenvalue weighted by Gasteiger charge is 2.20. The number of rotatable bonds is 7. The molecule has 0 saturated heterocycles. The van der Waals surface area contributed by atoms with Crippen LogP contribution in [0.3, 0.4) is 0 Å². The van der Waals surface area contributed by atoms with Gasteiger partial charge in [0.2, 0.25) is 0 Å². The highest BCUT2D eigenvalue weighted by atomic mass is 35.5. The minimum absolute atomic E-state index is 0.0784. The Labute approximate surface area is 221 Å². The van der Waals surface area contributed by atoms with Crippen molar-refractivity contribution in [2.75, 3.05) is 5.32 Å². The van der Waals surface area contributed by atoms with E-state index in [2.05, 4.69) is 31.0 Å². The van der Waals surface area contributed by atoms with Crippen LogP contribution < -0.4 is 10.6 Å². The zero-order valence-electron chi connectivity index (χ0n) is 20.0. The van der Waals surface area contributed by atoms with Gasteiger partial charge in [0.05, 0.1) is 34.7 Å². The van der Waals surface area contributed by atoms with E-state index in [1.165, 1.54) is 41.2 Å². The molecule has 3 aromatic heterocycles. The lowest BCUT2D eigenvalue weighted by Gasteiger charge is -2.11. The molecule has 0 saturated carbocycles. The first-order chi connectivity index (χ1) is 18.4. The highest BCUT2D eigenvalue weighted by Crippen LogP contribution is 2.27. The Balaban J connectivity index is 1.44. The predicted molar refractivity (Wildman–Crippen MR) is 138 cm³/mol. The fourth-order valence-corrected chi connectivity index (χ4v) is 3.91. The monoisotopic (exact) mass is 530 g/mol. The normalized spacial score (nSPS) is 10.8. The molecular weight excluding hydrogens is 511 g/mol. The molecule has 0 aliphatic rings. The van der Waals surface area contributed by atoms with Crippen LogP contribution in [0.1, 0.15) is 26.5 Å². The molecule has 0 bridgehead atoms.